The fourth-order valence-corrected chi connectivity index (χ4v) is 2.98. The lowest BCUT2D eigenvalue weighted by Gasteiger charge is -2.26. The van der Waals surface area contributed by atoms with Gasteiger partial charge in [0.25, 0.3) is 0 Å². The fraction of sp³-hybridized carbons (Fsp3) is 0.500. The van der Waals surface area contributed by atoms with Gasteiger partial charge in [-0.15, -0.1) is 29.9 Å². The summed E-state index contributed by atoms with van der Waals surface area (Å²) >= 11 is 0. The molecule has 27 heavy (non-hydrogen) atoms. The molecule has 0 bridgehead atoms. The molecule has 148 valence electrons. The number of tetrazole rings is 1. The van der Waals surface area contributed by atoms with E-state index in [0.29, 0.717) is 11.6 Å². The zero-order chi connectivity index (χ0) is 17.2. The van der Waals surface area contributed by atoms with Crippen molar-refractivity contribution in [2.75, 3.05) is 38.0 Å². The first kappa shape index (κ1) is 21.5. The van der Waals surface area contributed by atoms with Crippen molar-refractivity contribution in [1.82, 2.24) is 30.4 Å². The zero-order valence-corrected chi connectivity index (χ0v) is 16.2. The van der Waals surface area contributed by atoms with Crippen LogP contribution < -0.4 is 10.6 Å². The van der Waals surface area contributed by atoms with Gasteiger partial charge in [-0.3, -0.25) is 9.69 Å². The third-order valence-corrected chi connectivity index (χ3v) is 4.48. The molecule has 4 rings (SSSR count). The number of nitrogens with one attached hydrogen (secondary N) is 2. The molecule has 1 aliphatic heterocycles. The van der Waals surface area contributed by atoms with E-state index in [1.165, 1.54) is 6.07 Å². The van der Waals surface area contributed by atoms with E-state index in [9.17, 15) is 9.18 Å². The van der Waals surface area contributed by atoms with E-state index >= 15 is 0 Å². The van der Waals surface area contributed by atoms with Gasteiger partial charge >= 0.3 is 0 Å². The molecule has 1 saturated carbocycles. The molecular weight excluding hydrogens is 396 g/mol. The number of hydrogen-bond donors (Lipinski definition) is 2. The minimum atomic E-state index is -0.474. The molecule has 2 fully saturated rings. The summed E-state index contributed by atoms with van der Waals surface area (Å²) < 4.78 is 15.7. The van der Waals surface area contributed by atoms with Crippen molar-refractivity contribution in [1.29, 1.82) is 0 Å². The number of benzene rings is 1. The minimum absolute atomic E-state index is 0. The maximum absolute atomic E-state index is 14.1. The van der Waals surface area contributed by atoms with E-state index in [1.54, 1.807) is 16.8 Å². The summed E-state index contributed by atoms with van der Waals surface area (Å²) in [5, 5.41) is 17.7. The summed E-state index contributed by atoms with van der Waals surface area (Å²) in [4.78, 5) is 14.3. The topological polar surface area (TPSA) is 88.0 Å². The number of hydrogen-bond acceptors (Lipinski definition) is 6. The van der Waals surface area contributed by atoms with Crippen LogP contribution >= 0.6 is 24.8 Å². The van der Waals surface area contributed by atoms with Gasteiger partial charge in [0, 0.05) is 32.1 Å². The van der Waals surface area contributed by atoms with Crippen molar-refractivity contribution in [3.05, 3.63) is 29.8 Å². The molecule has 1 aliphatic carbocycles. The van der Waals surface area contributed by atoms with Gasteiger partial charge in [0.15, 0.2) is 5.82 Å². The van der Waals surface area contributed by atoms with Gasteiger partial charge in [-0.25, -0.2) is 4.39 Å². The average Bonchev–Trinajstić information content (AvgIpc) is 3.34. The molecule has 1 saturated heterocycles. The Bertz CT molecular complexity index is 778. The molecule has 2 N–H and O–H groups in total. The quantitative estimate of drug-likeness (QED) is 0.763. The molecule has 2 aromatic rings. The van der Waals surface area contributed by atoms with Gasteiger partial charge < -0.3 is 10.6 Å². The van der Waals surface area contributed by atoms with Crippen molar-refractivity contribution in [3.63, 3.8) is 0 Å². The second-order valence-corrected chi connectivity index (χ2v) is 6.46. The van der Waals surface area contributed by atoms with E-state index in [-0.39, 0.29) is 43.0 Å². The van der Waals surface area contributed by atoms with Crippen LogP contribution in [0.3, 0.4) is 0 Å². The van der Waals surface area contributed by atoms with Crippen molar-refractivity contribution in [2.24, 2.45) is 0 Å². The highest BCUT2D eigenvalue weighted by Crippen LogP contribution is 2.39. The number of amides is 1. The van der Waals surface area contributed by atoms with E-state index in [4.69, 9.17) is 0 Å². The smallest absolute Gasteiger partial charge is 0.238 e. The largest absolute Gasteiger partial charge is 0.322 e. The summed E-state index contributed by atoms with van der Waals surface area (Å²) in [6, 6.07) is 4.52. The van der Waals surface area contributed by atoms with E-state index < -0.39 is 5.82 Å². The van der Waals surface area contributed by atoms with Crippen LogP contribution in [-0.4, -0.2) is 63.7 Å². The van der Waals surface area contributed by atoms with Gasteiger partial charge in [-0.2, -0.15) is 4.68 Å². The Labute approximate surface area is 168 Å². The van der Waals surface area contributed by atoms with Crippen LogP contribution in [-0.2, 0) is 4.79 Å². The summed E-state index contributed by atoms with van der Waals surface area (Å²) in [6.07, 6.45) is 2.13. The molecule has 0 radical (unpaired) electrons. The van der Waals surface area contributed by atoms with Gasteiger partial charge in [0.2, 0.25) is 5.91 Å². The number of anilines is 1. The zero-order valence-electron chi connectivity index (χ0n) is 14.6. The Morgan fingerprint density at radius 1 is 1.26 bits per heavy atom. The van der Waals surface area contributed by atoms with Crippen LogP contribution in [0.25, 0.3) is 5.69 Å². The first-order valence-electron chi connectivity index (χ1n) is 8.52. The lowest BCUT2D eigenvalue weighted by Crippen LogP contribution is -2.46. The molecule has 1 aromatic heterocycles. The highest BCUT2D eigenvalue weighted by Gasteiger charge is 2.30. The van der Waals surface area contributed by atoms with Crippen molar-refractivity contribution < 1.29 is 9.18 Å². The highest BCUT2D eigenvalue weighted by atomic mass is 35.5. The lowest BCUT2D eigenvalue weighted by molar-refractivity contribution is -0.117. The van der Waals surface area contributed by atoms with E-state index in [0.717, 1.165) is 44.8 Å². The highest BCUT2D eigenvalue weighted by molar-refractivity contribution is 5.92. The SMILES string of the molecule is Cl.Cl.O=C(CN1CCNCC1)Nc1cc(-n2nnnc2C2CC2)ccc1F. The van der Waals surface area contributed by atoms with Crippen molar-refractivity contribution >= 4 is 36.4 Å². The van der Waals surface area contributed by atoms with Crippen LogP contribution in [0.15, 0.2) is 18.2 Å². The standard InChI is InChI=1S/C16H20FN7O.2ClH/c17-13-4-3-12(24-16(11-1-2-11)20-21-22-24)9-14(13)19-15(25)10-23-7-5-18-6-8-23;;/h3-4,9,11,18H,1-2,5-8,10H2,(H,19,25);2*1H. The summed E-state index contributed by atoms with van der Waals surface area (Å²) in [5.41, 5.74) is 0.792. The molecule has 1 amide bonds. The van der Waals surface area contributed by atoms with Crippen molar-refractivity contribution in [2.45, 2.75) is 18.8 Å². The predicted molar refractivity (Wildman–Crippen MR) is 104 cm³/mol. The number of aromatic nitrogens is 4. The number of carbonyl (C=O) groups is 1. The van der Waals surface area contributed by atoms with Gasteiger partial charge in [0.1, 0.15) is 5.82 Å². The Morgan fingerprint density at radius 2 is 2.00 bits per heavy atom. The molecule has 0 unspecified atom stereocenters. The first-order valence-corrected chi connectivity index (χ1v) is 8.52. The summed E-state index contributed by atoms with van der Waals surface area (Å²) in [7, 11) is 0. The lowest BCUT2D eigenvalue weighted by atomic mass is 10.2. The second kappa shape index (κ2) is 9.41. The molecular formula is C16H22Cl2FN7O. The Kier molecular flexibility index (Phi) is 7.49. The van der Waals surface area contributed by atoms with Crippen LogP contribution in [0, 0.1) is 5.82 Å². The number of carbonyl (C=O) groups excluding carboxylic acids is 1. The normalized spacial score (nSPS) is 16.9. The van der Waals surface area contributed by atoms with Crippen LogP contribution in [0.5, 0.6) is 0 Å². The van der Waals surface area contributed by atoms with Crippen LogP contribution in [0.1, 0.15) is 24.6 Å². The number of halogens is 3. The maximum Gasteiger partial charge on any atom is 0.238 e. The fourth-order valence-electron chi connectivity index (χ4n) is 2.98. The molecule has 2 heterocycles. The first-order chi connectivity index (χ1) is 12.2. The van der Waals surface area contributed by atoms with Gasteiger partial charge in [-0.05, 0) is 41.5 Å². The van der Waals surface area contributed by atoms with Crippen LogP contribution in [0.4, 0.5) is 10.1 Å². The Morgan fingerprint density at radius 3 is 2.70 bits per heavy atom. The Balaban J connectivity index is 0.00000131. The molecule has 1 aromatic carbocycles. The van der Waals surface area contributed by atoms with E-state index in [1.807, 2.05) is 4.90 Å². The molecule has 11 heteroatoms. The van der Waals surface area contributed by atoms with Gasteiger partial charge in [0.05, 0.1) is 17.9 Å². The van der Waals surface area contributed by atoms with Crippen molar-refractivity contribution in [3.8, 4) is 5.69 Å². The molecule has 0 spiro atoms. The molecule has 0 atom stereocenters. The monoisotopic (exact) mass is 417 g/mol. The third-order valence-electron chi connectivity index (χ3n) is 4.48. The maximum atomic E-state index is 14.1. The van der Waals surface area contributed by atoms with E-state index in [2.05, 4.69) is 26.2 Å². The number of piperazine rings is 1. The molecule has 2 aliphatic rings. The predicted octanol–water partition coefficient (Wildman–Crippen LogP) is 1.37. The van der Waals surface area contributed by atoms with Gasteiger partial charge in [-0.1, -0.05) is 0 Å². The summed E-state index contributed by atoms with van der Waals surface area (Å²) in [6.45, 7) is 3.60. The van der Waals surface area contributed by atoms with Crippen LogP contribution in [0.2, 0.25) is 0 Å². The average molecular weight is 418 g/mol. The third kappa shape index (κ3) is 5.13. The number of rotatable bonds is 5. The molecule has 8 nitrogen and oxygen atoms in total. The second-order valence-electron chi connectivity index (χ2n) is 6.46. The minimum Gasteiger partial charge on any atom is -0.322 e. The summed E-state index contributed by atoms with van der Waals surface area (Å²) in [5.74, 6) is 0.450. The number of nitrogens with zero attached hydrogens (tertiary/aromatic N) is 5. The Hall–Kier alpha value is -1.81.